The van der Waals surface area contributed by atoms with Gasteiger partial charge in [0.25, 0.3) is 0 Å². The van der Waals surface area contributed by atoms with E-state index in [9.17, 15) is 4.79 Å². The monoisotopic (exact) mass is 317 g/mol. The Labute approximate surface area is 139 Å². The standard InChI is InChI=1S/C19H27NO3/c1-14(2)9-11-22-17-7-6-16-13-20(10-8-15(16)12-17)18(21)23-19(3,4)5/h6-7,9,12H,8,10-11,13H2,1-5H3. The summed E-state index contributed by atoms with van der Waals surface area (Å²) in [7, 11) is 0. The summed E-state index contributed by atoms with van der Waals surface area (Å²) in [6, 6.07) is 6.10. The summed E-state index contributed by atoms with van der Waals surface area (Å²) in [5, 5.41) is 0. The zero-order valence-electron chi connectivity index (χ0n) is 14.8. The number of amides is 1. The molecule has 1 aliphatic rings. The molecular formula is C19H27NO3. The SMILES string of the molecule is CC(C)=CCOc1ccc2c(c1)CCN(C(=O)OC(C)(C)C)C2. The third-order valence-electron chi connectivity index (χ3n) is 3.58. The summed E-state index contributed by atoms with van der Waals surface area (Å²) in [6.07, 6.45) is 2.64. The van der Waals surface area contributed by atoms with Gasteiger partial charge in [-0.15, -0.1) is 0 Å². The second-order valence-corrected chi connectivity index (χ2v) is 7.17. The van der Waals surface area contributed by atoms with Gasteiger partial charge in [0.2, 0.25) is 0 Å². The molecule has 2 rings (SSSR count). The van der Waals surface area contributed by atoms with Crippen molar-refractivity contribution >= 4 is 6.09 Å². The molecule has 126 valence electrons. The highest BCUT2D eigenvalue weighted by Crippen LogP contribution is 2.25. The number of ether oxygens (including phenoxy) is 2. The normalized spacial score (nSPS) is 14.0. The van der Waals surface area contributed by atoms with E-state index in [4.69, 9.17) is 9.47 Å². The number of carbonyl (C=O) groups excluding carboxylic acids is 1. The fourth-order valence-electron chi connectivity index (χ4n) is 2.41. The van der Waals surface area contributed by atoms with E-state index in [1.165, 1.54) is 11.1 Å². The van der Waals surface area contributed by atoms with Gasteiger partial charge in [0.05, 0.1) is 0 Å². The first-order valence-corrected chi connectivity index (χ1v) is 8.10. The molecule has 0 spiro atoms. The van der Waals surface area contributed by atoms with Crippen molar-refractivity contribution in [2.24, 2.45) is 0 Å². The summed E-state index contributed by atoms with van der Waals surface area (Å²) >= 11 is 0. The van der Waals surface area contributed by atoms with Gasteiger partial charge in [-0.25, -0.2) is 4.79 Å². The Morgan fingerprint density at radius 3 is 2.65 bits per heavy atom. The van der Waals surface area contributed by atoms with Crippen LogP contribution >= 0.6 is 0 Å². The molecule has 23 heavy (non-hydrogen) atoms. The number of fused-ring (bicyclic) bond motifs is 1. The van der Waals surface area contributed by atoms with Gasteiger partial charge in [0.1, 0.15) is 18.0 Å². The molecule has 0 bridgehead atoms. The molecule has 0 saturated carbocycles. The van der Waals surface area contributed by atoms with E-state index in [1.54, 1.807) is 4.90 Å². The molecule has 4 nitrogen and oxygen atoms in total. The number of carbonyl (C=O) groups is 1. The summed E-state index contributed by atoms with van der Waals surface area (Å²) in [4.78, 5) is 13.9. The fraction of sp³-hybridized carbons (Fsp3) is 0.526. The van der Waals surface area contributed by atoms with E-state index in [0.29, 0.717) is 19.7 Å². The molecule has 1 heterocycles. The molecule has 0 N–H and O–H groups in total. The fourth-order valence-corrected chi connectivity index (χ4v) is 2.41. The van der Waals surface area contributed by atoms with E-state index in [1.807, 2.05) is 32.9 Å². The van der Waals surface area contributed by atoms with Crippen molar-refractivity contribution in [3.8, 4) is 5.75 Å². The molecule has 0 fully saturated rings. The highest BCUT2D eigenvalue weighted by atomic mass is 16.6. The zero-order chi connectivity index (χ0) is 17.0. The molecule has 1 aromatic carbocycles. The van der Waals surface area contributed by atoms with Crippen molar-refractivity contribution in [3.63, 3.8) is 0 Å². The number of hydrogen-bond donors (Lipinski definition) is 0. The number of nitrogens with zero attached hydrogens (tertiary/aromatic N) is 1. The van der Waals surface area contributed by atoms with Gasteiger partial charge < -0.3 is 14.4 Å². The van der Waals surface area contributed by atoms with Crippen LogP contribution in [0.25, 0.3) is 0 Å². The minimum absolute atomic E-state index is 0.243. The van der Waals surface area contributed by atoms with Crippen LogP contribution in [0, 0.1) is 0 Å². The molecule has 0 aromatic heterocycles. The van der Waals surface area contributed by atoms with Crippen molar-refractivity contribution in [1.29, 1.82) is 0 Å². The third-order valence-corrected chi connectivity index (χ3v) is 3.58. The van der Waals surface area contributed by atoms with Crippen molar-refractivity contribution in [3.05, 3.63) is 41.0 Å². The molecular weight excluding hydrogens is 290 g/mol. The van der Waals surface area contributed by atoms with Crippen molar-refractivity contribution < 1.29 is 14.3 Å². The summed E-state index contributed by atoms with van der Waals surface area (Å²) in [5.74, 6) is 0.881. The van der Waals surface area contributed by atoms with Crippen LogP contribution in [-0.2, 0) is 17.7 Å². The topological polar surface area (TPSA) is 38.8 Å². The van der Waals surface area contributed by atoms with E-state index in [0.717, 1.165) is 17.7 Å². The van der Waals surface area contributed by atoms with Crippen LogP contribution < -0.4 is 4.74 Å². The highest BCUT2D eigenvalue weighted by Gasteiger charge is 2.25. The first-order valence-electron chi connectivity index (χ1n) is 8.10. The van der Waals surface area contributed by atoms with Crippen LogP contribution in [0.5, 0.6) is 5.75 Å². The Bertz CT molecular complexity index is 595. The van der Waals surface area contributed by atoms with Crippen molar-refractivity contribution in [2.75, 3.05) is 13.2 Å². The molecule has 1 amide bonds. The lowest BCUT2D eigenvalue weighted by Gasteiger charge is -2.31. The number of allylic oxidation sites excluding steroid dienone is 1. The van der Waals surface area contributed by atoms with Gasteiger partial charge in [0.15, 0.2) is 0 Å². The molecule has 0 unspecified atom stereocenters. The Balaban J connectivity index is 2.00. The van der Waals surface area contributed by atoms with Gasteiger partial charge in [0, 0.05) is 13.1 Å². The Hall–Kier alpha value is -1.97. The predicted molar refractivity (Wildman–Crippen MR) is 91.7 cm³/mol. The van der Waals surface area contributed by atoms with Gasteiger partial charge in [-0.3, -0.25) is 0 Å². The van der Waals surface area contributed by atoms with Crippen LogP contribution in [0.2, 0.25) is 0 Å². The van der Waals surface area contributed by atoms with Gasteiger partial charge in [-0.05, 0) is 70.4 Å². The summed E-state index contributed by atoms with van der Waals surface area (Å²) in [5.41, 5.74) is 3.20. The maximum Gasteiger partial charge on any atom is 0.410 e. The second-order valence-electron chi connectivity index (χ2n) is 7.17. The average molecular weight is 317 g/mol. The van der Waals surface area contributed by atoms with Crippen LogP contribution in [0.3, 0.4) is 0 Å². The number of hydrogen-bond acceptors (Lipinski definition) is 3. The van der Waals surface area contributed by atoms with Gasteiger partial charge >= 0.3 is 6.09 Å². The van der Waals surface area contributed by atoms with E-state index >= 15 is 0 Å². The maximum atomic E-state index is 12.2. The Morgan fingerprint density at radius 2 is 2.00 bits per heavy atom. The van der Waals surface area contributed by atoms with Crippen LogP contribution in [0.1, 0.15) is 45.7 Å². The first-order chi connectivity index (χ1) is 10.7. The minimum Gasteiger partial charge on any atom is -0.490 e. The minimum atomic E-state index is -0.458. The Kier molecular flexibility index (Phi) is 5.34. The van der Waals surface area contributed by atoms with E-state index < -0.39 is 5.60 Å². The highest BCUT2D eigenvalue weighted by molar-refractivity contribution is 5.68. The molecule has 4 heteroatoms. The molecule has 0 saturated heterocycles. The molecule has 0 radical (unpaired) electrons. The predicted octanol–water partition coefficient (Wildman–Crippen LogP) is 4.32. The third kappa shape index (κ3) is 5.31. The first kappa shape index (κ1) is 17.4. The van der Waals surface area contributed by atoms with Gasteiger partial charge in [-0.2, -0.15) is 0 Å². The van der Waals surface area contributed by atoms with Crippen LogP contribution in [-0.4, -0.2) is 29.7 Å². The lowest BCUT2D eigenvalue weighted by atomic mass is 10.00. The van der Waals surface area contributed by atoms with Crippen molar-refractivity contribution in [1.82, 2.24) is 4.90 Å². The Morgan fingerprint density at radius 1 is 1.26 bits per heavy atom. The molecule has 1 aliphatic heterocycles. The number of rotatable bonds is 3. The lowest BCUT2D eigenvalue weighted by molar-refractivity contribution is 0.0224. The van der Waals surface area contributed by atoms with Gasteiger partial charge in [-0.1, -0.05) is 11.6 Å². The molecule has 1 aromatic rings. The largest absolute Gasteiger partial charge is 0.490 e. The molecule has 0 atom stereocenters. The smallest absolute Gasteiger partial charge is 0.410 e. The van der Waals surface area contributed by atoms with Crippen molar-refractivity contribution in [2.45, 2.75) is 53.2 Å². The second kappa shape index (κ2) is 7.07. The lowest BCUT2D eigenvalue weighted by Crippen LogP contribution is -2.39. The average Bonchev–Trinajstić information content (AvgIpc) is 2.44. The van der Waals surface area contributed by atoms with Crippen LogP contribution in [0.15, 0.2) is 29.8 Å². The van der Waals surface area contributed by atoms with E-state index in [-0.39, 0.29) is 6.09 Å². The quantitative estimate of drug-likeness (QED) is 0.779. The summed E-state index contributed by atoms with van der Waals surface area (Å²) in [6.45, 7) is 11.6. The van der Waals surface area contributed by atoms with Crippen LogP contribution in [0.4, 0.5) is 4.79 Å². The summed E-state index contributed by atoms with van der Waals surface area (Å²) < 4.78 is 11.2. The maximum absolute atomic E-state index is 12.2. The number of benzene rings is 1. The van der Waals surface area contributed by atoms with E-state index in [2.05, 4.69) is 26.0 Å². The molecule has 0 aliphatic carbocycles. The zero-order valence-corrected chi connectivity index (χ0v) is 14.8.